The maximum Gasteiger partial charge on any atom is 0.134 e. The first kappa shape index (κ1) is 8.97. The van der Waals surface area contributed by atoms with Gasteiger partial charge in [0.05, 0.1) is 6.54 Å². The number of furan rings is 1. The minimum Gasteiger partial charge on any atom is -0.460 e. The average molecular weight is 188 g/mol. The van der Waals surface area contributed by atoms with E-state index in [2.05, 4.69) is 4.98 Å². The Morgan fingerprint density at radius 3 is 2.86 bits per heavy atom. The summed E-state index contributed by atoms with van der Waals surface area (Å²) in [7, 11) is 0. The minimum absolute atomic E-state index is 0.435. The Morgan fingerprint density at radius 1 is 1.36 bits per heavy atom. The Bertz CT molecular complexity index is 434. The van der Waals surface area contributed by atoms with E-state index in [4.69, 9.17) is 10.2 Å². The van der Waals surface area contributed by atoms with Gasteiger partial charge in [-0.2, -0.15) is 0 Å². The standard InChI is InChI=1S/C11H12N2O/c1-8-7-13-5-4-10(8)11-3-2-9(6-12)14-11/h2-5,7H,6,12H2,1H3. The summed E-state index contributed by atoms with van der Waals surface area (Å²) in [5, 5.41) is 0. The zero-order valence-electron chi connectivity index (χ0n) is 8.03. The lowest BCUT2D eigenvalue weighted by molar-refractivity contribution is 0.525. The van der Waals surface area contributed by atoms with E-state index in [1.807, 2.05) is 31.3 Å². The minimum atomic E-state index is 0.435. The lowest BCUT2D eigenvalue weighted by Crippen LogP contribution is -1.92. The molecule has 0 saturated carbocycles. The molecule has 2 rings (SSSR count). The highest BCUT2D eigenvalue weighted by molar-refractivity contribution is 5.60. The van der Waals surface area contributed by atoms with Crippen molar-refractivity contribution in [3.05, 3.63) is 41.9 Å². The molecule has 0 atom stereocenters. The van der Waals surface area contributed by atoms with Crippen LogP contribution in [0.4, 0.5) is 0 Å². The average Bonchev–Trinajstić information content (AvgIpc) is 2.67. The third-order valence-corrected chi connectivity index (χ3v) is 2.15. The molecule has 0 saturated heterocycles. The van der Waals surface area contributed by atoms with Gasteiger partial charge < -0.3 is 10.2 Å². The zero-order valence-corrected chi connectivity index (χ0v) is 8.03. The van der Waals surface area contributed by atoms with Gasteiger partial charge in [0.25, 0.3) is 0 Å². The molecule has 2 heterocycles. The second-order valence-electron chi connectivity index (χ2n) is 3.16. The van der Waals surface area contributed by atoms with Gasteiger partial charge in [-0.25, -0.2) is 0 Å². The molecule has 2 aromatic heterocycles. The van der Waals surface area contributed by atoms with E-state index < -0.39 is 0 Å². The fourth-order valence-corrected chi connectivity index (χ4v) is 1.38. The third kappa shape index (κ3) is 1.54. The quantitative estimate of drug-likeness (QED) is 0.785. The normalized spacial score (nSPS) is 10.4. The fraction of sp³-hybridized carbons (Fsp3) is 0.182. The number of pyridine rings is 1. The largest absolute Gasteiger partial charge is 0.460 e. The Hall–Kier alpha value is -1.61. The Kier molecular flexibility index (Phi) is 2.33. The summed E-state index contributed by atoms with van der Waals surface area (Å²) < 4.78 is 5.55. The van der Waals surface area contributed by atoms with E-state index in [0.29, 0.717) is 6.54 Å². The van der Waals surface area contributed by atoms with Crippen LogP contribution >= 0.6 is 0 Å². The highest BCUT2D eigenvalue weighted by atomic mass is 16.3. The second-order valence-corrected chi connectivity index (χ2v) is 3.16. The molecule has 3 nitrogen and oxygen atoms in total. The summed E-state index contributed by atoms with van der Waals surface area (Å²) in [5.74, 6) is 1.65. The van der Waals surface area contributed by atoms with Crippen molar-refractivity contribution in [2.45, 2.75) is 13.5 Å². The zero-order chi connectivity index (χ0) is 9.97. The number of hydrogen-bond acceptors (Lipinski definition) is 3. The van der Waals surface area contributed by atoms with Crippen molar-refractivity contribution in [2.24, 2.45) is 5.73 Å². The van der Waals surface area contributed by atoms with E-state index in [1.54, 1.807) is 6.20 Å². The number of rotatable bonds is 2. The van der Waals surface area contributed by atoms with Crippen LogP contribution in [0.5, 0.6) is 0 Å². The van der Waals surface area contributed by atoms with Crippen molar-refractivity contribution in [3.63, 3.8) is 0 Å². The summed E-state index contributed by atoms with van der Waals surface area (Å²) in [6, 6.07) is 5.77. The van der Waals surface area contributed by atoms with Crippen molar-refractivity contribution in [2.75, 3.05) is 0 Å². The monoisotopic (exact) mass is 188 g/mol. The molecule has 0 fully saturated rings. The summed E-state index contributed by atoms with van der Waals surface area (Å²) in [6.45, 7) is 2.44. The second kappa shape index (κ2) is 3.64. The first-order valence-electron chi connectivity index (χ1n) is 4.51. The van der Waals surface area contributed by atoms with Gasteiger partial charge in [0.2, 0.25) is 0 Å². The van der Waals surface area contributed by atoms with Crippen LogP contribution in [0.15, 0.2) is 35.0 Å². The molecule has 0 bridgehead atoms. The third-order valence-electron chi connectivity index (χ3n) is 2.15. The lowest BCUT2D eigenvalue weighted by atomic mass is 10.1. The Balaban J connectivity index is 2.44. The molecule has 14 heavy (non-hydrogen) atoms. The van der Waals surface area contributed by atoms with Gasteiger partial charge in [-0.15, -0.1) is 0 Å². The Labute approximate surface area is 82.6 Å². The molecule has 2 N–H and O–H groups in total. The molecule has 0 aromatic carbocycles. The Morgan fingerprint density at radius 2 is 2.21 bits per heavy atom. The fourth-order valence-electron chi connectivity index (χ4n) is 1.38. The number of nitrogens with zero attached hydrogens (tertiary/aromatic N) is 1. The van der Waals surface area contributed by atoms with Crippen LogP contribution in [0, 0.1) is 6.92 Å². The van der Waals surface area contributed by atoms with Crippen LogP contribution in [0.25, 0.3) is 11.3 Å². The molecule has 0 spiro atoms. The van der Waals surface area contributed by atoms with Crippen LogP contribution < -0.4 is 5.73 Å². The molecule has 0 aliphatic carbocycles. The predicted octanol–water partition coefficient (Wildman–Crippen LogP) is 2.11. The van der Waals surface area contributed by atoms with Crippen molar-refractivity contribution < 1.29 is 4.42 Å². The first-order valence-corrected chi connectivity index (χ1v) is 4.51. The van der Waals surface area contributed by atoms with Crippen molar-refractivity contribution in [3.8, 4) is 11.3 Å². The van der Waals surface area contributed by atoms with Crippen LogP contribution in [0.1, 0.15) is 11.3 Å². The van der Waals surface area contributed by atoms with Gasteiger partial charge in [0, 0.05) is 18.0 Å². The molecule has 0 radical (unpaired) electrons. The molecular formula is C11H12N2O. The summed E-state index contributed by atoms with van der Waals surface area (Å²) in [5.41, 5.74) is 7.64. The van der Waals surface area contributed by atoms with Crippen molar-refractivity contribution >= 4 is 0 Å². The van der Waals surface area contributed by atoms with Gasteiger partial charge in [-0.05, 0) is 30.7 Å². The molecule has 72 valence electrons. The van der Waals surface area contributed by atoms with Gasteiger partial charge >= 0.3 is 0 Å². The highest BCUT2D eigenvalue weighted by Gasteiger charge is 2.05. The maximum absolute atomic E-state index is 5.55. The van der Waals surface area contributed by atoms with E-state index in [9.17, 15) is 0 Å². The predicted molar refractivity (Wildman–Crippen MR) is 54.6 cm³/mol. The van der Waals surface area contributed by atoms with E-state index >= 15 is 0 Å². The van der Waals surface area contributed by atoms with E-state index in [1.165, 1.54) is 0 Å². The van der Waals surface area contributed by atoms with Gasteiger partial charge in [0.1, 0.15) is 11.5 Å². The van der Waals surface area contributed by atoms with E-state index in [0.717, 1.165) is 22.6 Å². The number of hydrogen-bond donors (Lipinski definition) is 1. The van der Waals surface area contributed by atoms with Crippen molar-refractivity contribution in [1.29, 1.82) is 0 Å². The molecule has 0 aliphatic rings. The van der Waals surface area contributed by atoms with Gasteiger partial charge in [-0.3, -0.25) is 4.98 Å². The molecule has 0 unspecified atom stereocenters. The topological polar surface area (TPSA) is 52.0 Å². The highest BCUT2D eigenvalue weighted by Crippen LogP contribution is 2.24. The number of nitrogens with two attached hydrogens (primary N) is 1. The van der Waals surface area contributed by atoms with Crippen LogP contribution in [0.3, 0.4) is 0 Å². The van der Waals surface area contributed by atoms with E-state index in [-0.39, 0.29) is 0 Å². The van der Waals surface area contributed by atoms with Crippen LogP contribution in [-0.2, 0) is 6.54 Å². The first-order chi connectivity index (χ1) is 6.81. The number of aryl methyl sites for hydroxylation is 1. The maximum atomic E-state index is 5.55. The molecule has 0 amide bonds. The summed E-state index contributed by atoms with van der Waals surface area (Å²) in [6.07, 6.45) is 3.58. The van der Waals surface area contributed by atoms with Gasteiger partial charge in [-0.1, -0.05) is 0 Å². The SMILES string of the molecule is Cc1cnccc1-c1ccc(CN)o1. The van der Waals surface area contributed by atoms with Crippen LogP contribution in [-0.4, -0.2) is 4.98 Å². The number of aromatic nitrogens is 1. The van der Waals surface area contributed by atoms with Crippen LogP contribution in [0.2, 0.25) is 0 Å². The molecule has 3 heteroatoms. The molecule has 0 aliphatic heterocycles. The lowest BCUT2D eigenvalue weighted by Gasteiger charge is -2.00. The molecule has 2 aromatic rings. The summed E-state index contributed by atoms with van der Waals surface area (Å²) in [4.78, 5) is 4.03. The van der Waals surface area contributed by atoms with Gasteiger partial charge in [0.15, 0.2) is 0 Å². The smallest absolute Gasteiger partial charge is 0.134 e. The summed E-state index contributed by atoms with van der Waals surface area (Å²) >= 11 is 0. The molecular weight excluding hydrogens is 176 g/mol. The van der Waals surface area contributed by atoms with Crippen molar-refractivity contribution in [1.82, 2.24) is 4.98 Å².